The molecule has 2 N–H and O–H groups in total. The second-order valence-corrected chi connectivity index (χ2v) is 7.08. The predicted octanol–water partition coefficient (Wildman–Crippen LogP) is 4.11. The van der Waals surface area contributed by atoms with Crippen LogP contribution in [0, 0.1) is 18.3 Å². The highest BCUT2D eigenvalue weighted by molar-refractivity contribution is 9.10. The lowest BCUT2D eigenvalue weighted by atomic mass is 10.1. The molecule has 3 aromatic rings. The van der Waals surface area contributed by atoms with Crippen LogP contribution >= 0.6 is 15.9 Å². The maximum atomic E-state index is 11.2. The van der Waals surface area contributed by atoms with Crippen LogP contribution in [-0.2, 0) is 11.3 Å². The topological polar surface area (TPSA) is 113 Å². The Hall–Kier alpha value is -3.48. The molecule has 0 aliphatic heterocycles. The van der Waals surface area contributed by atoms with Crippen LogP contribution in [0.15, 0.2) is 52.2 Å². The summed E-state index contributed by atoms with van der Waals surface area (Å²) in [7, 11) is 1.56. The number of nitrogens with zero attached hydrogens (tertiary/aromatic N) is 4. The number of rotatable bonds is 7. The molecule has 0 unspecified atom stereocenters. The second kappa shape index (κ2) is 9.35. The zero-order valence-corrected chi connectivity index (χ0v) is 17.8. The molecule has 2 heterocycles. The summed E-state index contributed by atoms with van der Waals surface area (Å²) in [6, 6.07) is 12.4. The van der Waals surface area contributed by atoms with E-state index in [0.717, 1.165) is 10.2 Å². The van der Waals surface area contributed by atoms with E-state index in [9.17, 15) is 15.2 Å². The number of ether oxygens (including phenoxy) is 1. The molecule has 0 bridgehead atoms. The van der Waals surface area contributed by atoms with Gasteiger partial charge in [-0.2, -0.15) is 10.4 Å². The van der Waals surface area contributed by atoms with Crippen molar-refractivity contribution in [3.63, 3.8) is 0 Å². The molecule has 30 heavy (non-hydrogen) atoms. The number of nitriles is 1. The van der Waals surface area contributed by atoms with E-state index in [2.05, 4.69) is 37.5 Å². The van der Waals surface area contributed by atoms with Crippen LogP contribution < -0.4 is 5.43 Å². The van der Waals surface area contributed by atoms with Crippen molar-refractivity contribution in [2.24, 2.45) is 5.10 Å². The van der Waals surface area contributed by atoms with Gasteiger partial charge in [0.05, 0.1) is 29.8 Å². The molecule has 3 rings (SSSR count). The number of hydrogen-bond donors (Lipinski definition) is 2. The molecule has 8 nitrogen and oxygen atoms in total. The number of nitrogens with one attached hydrogen (secondary N) is 1. The van der Waals surface area contributed by atoms with Crippen molar-refractivity contribution >= 4 is 33.9 Å². The predicted molar refractivity (Wildman–Crippen MR) is 116 cm³/mol. The lowest BCUT2D eigenvalue weighted by Gasteiger charge is -2.12. The van der Waals surface area contributed by atoms with E-state index in [1.54, 1.807) is 30.0 Å². The summed E-state index contributed by atoms with van der Waals surface area (Å²) < 4.78 is 7.73. The van der Waals surface area contributed by atoms with Gasteiger partial charge in [-0.25, -0.2) is 9.78 Å². The van der Waals surface area contributed by atoms with Gasteiger partial charge in [0.1, 0.15) is 11.6 Å². The summed E-state index contributed by atoms with van der Waals surface area (Å²) in [6.45, 7) is 2.08. The number of pyridine rings is 1. The average molecular weight is 468 g/mol. The third kappa shape index (κ3) is 4.40. The van der Waals surface area contributed by atoms with Gasteiger partial charge >= 0.3 is 5.97 Å². The summed E-state index contributed by atoms with van der Waals surface area (Å²) in [5.41, 5.74) is 6.17. The van der Waals surface area contributed by atoms with Crippen LogP contribution in [0.3, 0.4) is 0 Å². The number of halogens is 1. The summed E-state index contributed by atoms with van der Waals surface area (Å²) in [5.74, 6) is -0.666. The van der Waals surface area contributed by atoms with Crippen molar-refractivity contribution in [2.75, 3.05) is 12.5 Å². The summed E-state index contributed by atoms with van der Waals surface area (Å²) in [5, 5.41) is 23.0. The molecule has 0 radical (unpaired) electrons. The lowest BCUT2D eigenvalue weighted by Crippen LogP contribution is -2.06. The molecule has 0 spiro atoms. The number of carboxylic acids is 1. The normalized spacial score (nSPS) is 10.9. The van der Waals surface area contributed by atoms with E-state index in [1.807, 2.05) is 31.3 Å². The zero-order chi connectivity index (χ0) is 21.7. The molecule has 0 saturated heterocycles. The number of aromatic carboxylic acids is 1. The van der Waals surface area contributed by atoms with Gasteiger partial charge in [-0.05, 0) is 53.2 Å². The maximum Gasteiger partial charge on any atom is 0.335 e. The Kier molecular flexibility index (Phi) is 6.61. The van der Waals surface area contributed by atoms with Crippen molar-refractivity contribution < 1.29 is 14.6 Å². The first-order chi connectivity index (χ1) is 14.5. The zero-order valence-electron chi connectivity index (χ0n) is 16.3. The highest BCUT2D eigenvalue weighted by Gasteiger charge is 2.16. The average Bonchev–Trinajstić information content (AvgIpc) is 3.20. The molecule has 0 aliphatic rings. The quantitative estimate of drug-likeness (QED) is 0.399. The molecule has 0 amide bonds. The first kappa shape index (κ1) is 21.2. The van der Waals surface area contributed by atoms with Crippen molar-refractivity contribution in [3.8, 4) is 11.8 Å². The smallest absolute Gasteiger partial charge is 0.335 e. The number of aryl methyl sites for hydroxylation is 1. The molecule has 0 saturated carbocycles. The number of aromatic nitrogens is 2. The fourth-order valence-electron chi connectivity index (χ4n) is 2.91. The first-order valence-electron chi connectivity index (χ1n) is 8.84. The highest BCUT2D eigenvalue weighted by atomic mass is 79.9. The van der Waals surface area contributed by atoms with E-state index in [1.165, 1.54) is 6.07 Å². The minimum Gasteiger partial charge on any atom is -0.478 e. The van der Waals surface area contributed by atoms with Crippen LogP contribution in [0.1, 0.15) is 32.9 Å². The molecule has 9 heteroatoms. The minimum absolute atomic E-state index is 0.195. The monoisotopic (exact) mass is 467 g/mol. The van der Waals surface area contributed by atoms with E-state index >= 15 is 0 Å². The van der Waals surface area contributed by atoms with Gasteiger partial charge in [0, 0.05) is 29.0 Å². The summed E-state index contributed by atoms with van der Waals surface area (Å²) in [4.78, 5) is 15.6. The molecule has 152 valence electrons. The minimum atomic E-state index is -0.992. The Labute approximate surface area is 181 Å². The Bertz CT molecular complexity index is 1160. The van der Waals surface area contributed by atoms with Gasteiger partial charge in [-0.3, -0.25) is 5.43 Å². The molecule has 2 aromatic heterocycles. The van der Waals surface area contributed by atoms with Crippen molar-refractivity contribution in [1.82, 2.24) is 9.55 Å². The van der Waals surface area contributed by atoms with E-state index < -0.39 is 5.97 Å². The number of carboxylic acid groups (broad SMARTS) is 1. The number of anilines is 1. The number of methoxy groups -OCH3 is 1. The van der Waals surface area contributed by atoms with Crippen LogP contribution in [0.4, 0.5) is 5.82 Å². The highest BCUT2D eigenvalue weighted by Crippen LogP contribution is 2.28. The maximum absolute atomic E-state index is 11.2. The largest absolute Gasteiger partial charge is 0.478 e. The van der Waals surface area contributed by atoms with Gasteiger partial charge in [0.25, 0.3) is 0 Å². The van der Waals surface area contributed by atoms with Crippen molar-refractivity contribution in [3.05, 3.63) is 75.1 Å². The SMILES string of the molecule is COCc1c(Br)c(C)nc(N/N=C/c2cccn2-c2cccc(C(=O)O)c2)c1C#N. The van der Waals surface area contributed by atoms with Crippen LogP contribution in [-0.4, -0.2) is 34.0 Å². The Morgan fingerprint density at radius 3 is 2.93 bits per heavy atom. The molecule has 1 aromatic carbocycles. The van der Waals surface area contributed by atoms with Crippen LogP contribution in [0.25, 0.3) is 5.69 Å². The molecule has 0 fully saturated rings. The second-order valence-electron chi connectivity index (χ2n) is 6.29. The van der Waals surface area contributed by atoms with Crippen molar-refractivity contribution in [2.45, 2.75) is 13.5 Å². The Balaban J connectivity index is 1.90. The van der Waals surface area contributed by atoms with Gasteiger partial charge in [0.15, 0.2) is 5.82 Å². The van der Waals surface area contributed by atoms with Gasteiger partial charge < -0.3 is 14.4 Å². The standard InChI is InChI=1S/C21H18BrN5O3/c1-13-19(22)18(12-30-2)17(10-23)20(25-13)26-24-11-16-7-4-8-27(16)15-6-3-5-14(9-15)21(28)29/h3-9,11H,12H2,1-2H3,(H,25,26)(H,28,29)/b24-11+. The fourth-order valence-corrected chi connectivity index (χ4v) is 3.31. The number of hydrogen-bond acceptors (Lipinski definition) is 6. The van der Waals surface area contributed by atoms with Crippen LogP contribution in [0.5, 0.6) is 0 Å². The van der Waals surface area contributed by atoms with E-state index in [4.69, 9.17) is 4.74 Å². The molecular weight excluding hydrogens is 450 g/mol. The molecule has 0 aliphatic carbocycles. The Morgan fingerprint density at radius 2 is 2.23 bits per heavy atom. The third-order valence-corrected chi connectivity index (χ3v) is 5.37. The first-order valence-corrected chi connectivity index (χ1v) is 9.63. The van der Waals surface area contributed by atoms with Gasteiger partial charge in [0.2, 0.25) is 0 Å². The number of carbonyl (C=O) groups is 1. The van der Waals surface area contributed by atoms with Gasteiger partial charge in [-0.15, -0.1) is 0 Å². The number of hydrazone groups is 1. The van der Waals surface area contributed by atoms with Crippen molar-refractivity contribution in [1.29, 1.82) is 5.26 Å². The van der Waals surface area contributed by atoms with Gasteiger partial charge in [-0.1, -0.05) is 6.07 Å². The molecular formula is C21H18BrN5O3. The van der Waals surface area contributed by atoms with Crippen LogP contribution in [0.2, 0.25) is 0 Å². The van der Waals surface area contributed by atoms with E-state index in [0.29, 0.717) is 28.3 Å². The lowest BCUT2D eigenvalue weighted by molar-refractivity contribution is 0.0697. The summed E-state index contributed by atoms with van der Waals surface area (Å²) in [6.07, 6.45) is 3.38. The summed E-state index contributed by atoms with van der Waals surface area (Å²) >= 11 is 3.45. The van der Waals surface area contributed by atoms with E-state index in [-0.39, 0.29) is 12.2 Å². The third-order valence-electron chi connectivity index (χ3n) is 4.32. The molecule has 0 atom stereocenters. The fraction of sp³-hybridized carbons (Fsp3) is 0.143. The Morgan fingerprint density at radius 1 is 1.43 bits per heavy atom. The number of benzene rings is 1.